The minimum absolute atomic E-state index is 0.0910. The highest BCUT2D eigenvalue weighted by Gasteiger charge is 2.55. The van der Waals surface area contributed by atoms with E-state index in [1.54, 1.807) is 0 Å². The van der Waals surface area contributed by atoms with Gasteiger partial charge in [0.25, 0.3) is 14.3 Å². The van der Waals surface area contributed by atoms with Crippen LogP contribution >= 0.6 is 0 Å². The summed E-state index contributed by atoms with van der Waals surface area (Å²) in [6.45, 7) is 15.6. The Labute approximate surface area is 138 Å². The van der Waals surface area contributed by atoms with E-state index in [1.165, 1.54) is 12.8 Å². The highest BCUT2D eigenvalue weighted by atomic mass is 28.4. The zero-order valence-electron chi connectivity index (χ0n) is 15.7. The fourth-order valence-corrected chi connectivity index (χ4v) is 7.59. The van der Waals surface area contributed by atoms with E-state index in [-0.39, 0.29) is 16.9 Å². The number of carbonyl (C=O) groups is 1. The normalized spacial score (nSPS) is 32.4. The summed E-state index contributed by atoms with van der Waals surface area (Å²) >= 11 is 0. The molecule has 0 amide bonds. The summed E-state index contributed by atoms with van der Waals surface area (Å²) < 4.78 is 11.9. The van der Waals surface area contributed by atoms with Gasteiger partial charge in [0, 0.05) is 7.11 Å². The lowest BCUT2D eigenvalue weighted by molar-refractivity contribution is -0.141. The minimum Gasteiger partial charge on any atom is -0.519 e. The molecule has 4 atom stereocenters. The average Bonchev–Trinajstić information content (AvgIpc) is 2.96. The van der Waals surface area contributed by atoms with Crippen molar-refractivity contribution in [1.29, 1.82) is 0 Å². The molecule has 0 aromatic rings. The Bertz CT molecular complexity index is 440. The molecule has 0 aromatic carbocycles. The maximum absolute atomic E-state index is 12.7. The van der Waals surface area contributed by atoms with Crippen LogP contribution in [0, 0.1) is 17.8 Å². The lowest BCUT2D eigenvalue weighted by atomic mass is 9.88. The Hall–Kier alpha value is -0.136. The molecule has 5 heteroatoms. The van der Waals surface area contributed by atoms with Crippen LogP contribution in [0.15, 0.2) is 0 Å². The van der Waals surface area contributed by atoms with Crippen LogP contribution in [-0.4, -0.2) is 29.7 Å². The third kappa shape index (κ3) is 3.22. The molecule has 128 valence electrons. The molecule has 0 saturated heterocycles. The van der Waals surface area contributed by atoms with Gasteiger partial charge in [-0.15, -0.1) is 0 Å². The van der Waals surface area contributed by atoms with Crippen LogP contribution in [0.4, 0.5) is 0 Å². The van der Waals surface area contributed by atoms with Crippen molar-refractivity contribution in [2.24, 2.45) is 17.8 Å². The molecule has 2 fully saturated rings. The summed E-state index contributed by atoms with van der Waals surface area (Å²) in [6, 6.07) is 0. The van der Waals surface area contributed by atoms with Gasteiger partial charge >= 0.3 is 0 Å². The third-order valence-corrected chi connectivity index (χ3v) is 14.6. The summed E-state index contributed by atoms with van der Waals surface area (Å²) in [7, 11) is -1.71. The van der Waals surface area contributed by atoms with Gasteiger partial charge in [-0.2, -0.15) is 0 Å². The molecule has 3 nitrogen and oxygen atoms in total. The first-order valence-corrected chi connectivity index (χ1v) is 14.6. The van der Waals surface area contributed by atoms with Crippen molar-refractivity contribution in [1.82, 2.24) is 0 Å². The average molecular weight is 343 g/mol. The highest BCUT2D eigenvalue weighted by Crippen LogP contribution is 2.58. The van der Waals surface area contributed by atoms with Crippen molar-refractivity contribution in [3.05, 3.63) is 0 Å². The Morgan fingerprint density at radius 2 is 1.59 bits per heavy atom. The number of hydrogen-bond acceptors (Lipinski definition) is 3. The van der Waals surface area contributed by atoms with Crippen molar-refractivity contribution in [3.63, 3.8) is 0 Å². The van der Waals surface area contributed by atoms with Gasteiger partial charge in [-0.05, 0) is 67.9 Å². The second-order valence-electron chi connectivity index (χ2n) is 9.43. The molecule has 2 aliphatic rings. The summed E-state index contributed by atoms with van der Waals surface area (Å²) in [6.07, 6.45) is 3.42. The smallest absolute Gasteiger partial charge is 0.295 e. The quantitative estimate of drug-likeness (QED) is 0.688. The molecular weight excluding hydrogens is 308 g/mol. The maximum Gasteiger partial charge on any atom is 0.295 e. The van der Waals surface area contributed by atoms with Crippen molar-refractivity contribution >= 4 is 22.6 Å². The van der Waals surface area contributed by atoms with E-state index in [0.717, 1.165) is 12.0 Å². The Balaban J connectivity index is 2.00. The first-order valence-electron chi connectivity index (χ1n) is 8.67. The minimum atomic E-state index is -1.99. The van der Waals surface area contributed by atoms with E-state index >= 15 is 0 Å². The zero-order valence-corrected chi connectivity index (χ0v) is 17.7. The van der Waals surface area contributed by atoms with Gasteiger partial charge in [0.15, 0.2) is 8.32 Å². The number of rotatable bonds is 4. The summed E-state index contributed by atoms with van der Waals surface area (Å²) in [4.78, 5) is 12.7. The molecule has 2 saturated carbocycles. The molecular formula is C17H34O3Si2. The van der Waals surface area contributed by atoms with Crippen LogP contribution in [0.2, 0.25) is 36.8 Å². The third-order valence-electron chi connectivity index (χ3n) is 6.74. The van der Waals surface area contributed by atoms with Crippen LogP contribution in [0.3, 0.4) is 0 Å². The van der Waals surface area contributed by atoms with Crippen molar-refractivity contribution in [3.8, 4) is 0 Å². The molecule has 0 aromatic heterocycles. The maximum atomic E-state index is 12.7. The monoisotopic (exact) mass is 342 g/mol. The second kappa shape index (κ2) is 5.74. The number of fused-ring (bicyclic) bond motifs is 2. The van der Waals surface area contributed by atoms with Gasteiger partial charge < -0.3 is 8.85 Å². The summed E-state index contributed by atoms with van der Waals surface area (Å²) in [5, 5.41) is 0.0910. The molecule has 0 spiro atoms. The van der Waals surface area contributed by atoms with Crippen LogP contribution < -0.4 is 0 Å². The van der Waals surface area contributed by atoms with Crippen molar-refractivity contribution < 1.29 is 13.6 Å². The largest absolute Gasteiger partial charge is 0.519 e. The summed E-state index contributed by atoms with van der Waals surface area (Å²) in [5.74, 6) is 1.46. The Morgan fingerprint density at radius 3 is 2.00 bits per heavy atom. The fourth-order valence-electron chi connectivity index (χ4n) is 4.05. The number of hydrogen-bond donors (Lipinski definition) is 0. The molecule has 0 heterocycles. The lowest BCUT2D eigenvalue weighted by Crippen LogP contribution is -2.45. The van der Waals surface area contributed by atoms with Crippen molar-refractivity contribution in [2.75, 3.05) is 7.11 Å². The first-order chi connectivity index (χ1) is 9.89. The van der Waals surface area contributed by atoms with Gasteiger partial charge in [-0.25, -0.2) is 0 Å². The van der Waals surface area contributed by atoms with E-state index in [2.05, 4.69) is 47.0 Å². The fraction of sp³-hybridized carbons (Fsp3) is 0.941. The predicted octanol–water partition coefficient (Wildman–Crippen LogP) is 4.80. The highest BCUT2D eigenvalue weighted by molar-refractivity contribution is 6.75. The van der Waals surface area contributed by atoms with Gasteiger partial charge in [0.1, 0.15) is 0 Å². The molecule has 2 bridgehead atoms. The molecule has 4 unspecified atom stereocenters. The van der Waals surface area contributed by atoms with E-state index < -0.39 is 16.6 Å². The van der Waals surface area contributed by atoms with Crippen LogP contribution in [0.25, 0.3) is 0 Å². The van der Waals surface area contributed by atoms with Gasteiger partial charge in [-0.3, -0.25) is 4.79 Å². The summed E-state index contributed by atoms with van der Waals surface area (Å²) in [5.41, 5.74) is 0.722. The Morgan fingerprint density at radius 1 is 1.00 bits per heavy atom. The van der Waals surface area contributed by atoms with Crippen LogP contribution in [-0.2, 0) is 13.6 Å². The van der Waals surface area contributed by atoms with Crippen LogP contribution in [0.1, 0.15) is 40.0 Å². The Kier molecular flexibility index (Phi) is 4.75. The molecule has 0 N–H and O–H groups in total. The van der Waals surface area contributed by atoms with Crippen molar-refractivity contribution in [2.45, 2.75) is 76.8 Å². The molecule has 0 aliphatic heterocycles. The topological polar surface area (TPSA) is 35.5 Å². The second-order valence-corrected chi connectivity index (χ2v) is 18.5. The molecule has 22 heavy (non-hydrogen) atoms. The van der Waals surface area contributed by atoms with Gasteiger partial charge in [0.2, 0.25) is 0 Å². The van der Waals surface area contributed by atoms with E-state index in [1.807, 2.05) is 7.11 Å². The zero-order chi connectivity index (χ0) is 16.9. The van der Waals surface area contributed by atoms with E-state index in [4.69, 9.17) is 8.85 Å². The van der Waals surface area contributed by atoms with E-state index in [9.17, 15) is 4.79 Å². The number of carbonyl (C=O) groups excluding carboxylic acids is 1. The SMILES string of the molecule is CO[Si](C)(C)C1CC2CC1CC2C(=O)O[Si](C)(C)C(C)(C)C. The lowest BCUT2D eigenvalue weighted by Gasteiger charge is -2.39. The predicted molar refractivity (Wildman–Crippen MR) is 95.9 cm³/mol. The van der Waals surface area contributed by atoms with Gasteiger partial charge in [-0.1, -0.05) is 20.8 Å². The molecule has 2 aliphatic carbocycles. The van der Waals surface area contributed by atoms with Gasteiger partial charge in [0.05, 0.1) is 5.92 Å². The molecule has 2 rings (SSSR count). The standard InChI is InChI=1S/C17H34O3Si2/c1-17(2,3)22(7,8)20-16(18)14-10-13-9-12(14)11-15(13)21(5,6)19-4/h12-15H,9-11H2,1-8H3. The van der Waals surface area contributed by atoms with E-state index in [0.29, 0.717) is 11.8 Å². The first kappa shape index (κ1) is 18.2. The van der Waals surface area contributed by atoms with Crippen LogP contribution in [0.5, 0.6) is 0 Å². The molecule has 0 radical (unpaired) electrons.